The number of furan rings is 1. The van der Waals surface area contributed by atoms with Crippen LogP contribution in [-0.4, -0.2) is 35.6 Å². The molecule has 1 aromatic heterocycles. The van der Waals surface area contributed by atoms with Crippen LogP contribution in [0.15, 0.2) is 38.1 Å². The van der Waals surface area contributed by atoms with Gasteiger partial charge in [0.15, 0.2) is 5.76 Å². The fraction of sp³-hybridized carbons (Fsp3) is 0.400. The van der Waals surface area contributed by atoms with Crippen molar-refractivity contribution < 1.29 is 14.0 Å². The molecule has 2 aromatic rings. The average Bonchev–Trinajstić information content (AvgIpc) is 3.14. The van der Waals surface area contributed by atoms with Crippen molar-refractivity contribution in [2.75, 3.05) is 18.8 Å². The van der Waals surface area contributed by atoms with Crippen LogP contribution in [0.4, 0.5) is 0 Å². The number of nitrogens with one attached hydrogen (secondary N) is 2. The van der Waals surface area contributed by atoms with Crippen LogP contribution < -0.4 is 10.9 Å². The molecule has 0 spiro atoms. The molecule has 0 saturated carbocycles. The Morgan fingerprint density at radius 3 is 2.50 bits per heavy atom. The highest BCUT2D eigenvalue weighted by atomic mass is 79.9. The summed E-state index contributed by atoms with van der Waals surface area (Å²) < 4.78 is 6.61. The zero-order chi connectivity index (χ0) is 20.7. The number of carbonyl (C=O) groups is 2. The number of halogens is 1. The quantitative estimate of drug-likeness (QED) is 0.452. The lowest BCUT2D eigenvalue weighted by atomic mass is 10.2. The molecule has 2 N–H and O–H groups in total. The van der Waals surface area contributed by atoms with Crippen molar-refractivity contribution in [2.45, 2.75) is 39.1 Å². The van der Waals surface area contributed by atoms with Crippen molar-refractivity contribution in [2.24, 2.45) is 0 Å². The van der Waals surface area contributed by atoms with Gasteiger partial charge >= 0.3 is 5.91 Å². The molecule has 2 rings (SSSR count). The van der Waals surface area contributed by atoms with Gasteiger partial charge in [0.1, 0.15) is 5.76 Å². The number of hydrogen-bond donors (Lipinski definition) is 2. The Kier molecular flexibility index (Phi) is 8.59. The van der Waals surface area contributed by atoms with Gasteiger partial charge in [-0.3, -0.25) is 25.3 Å². The Hall–Kier alpha value is -1.77. The van der Waals surface area contributed by atoms with E-state index in [9.17, 15) is 9.59 Å². The van der Waals surface area contributed by atoms with Gasteiger partial charge in [0.25, 0.3) is 0 Å². The number of benzene rings is 1. The number of aryl methyl sites for hydroxylation is 2. The predicted molar refractivity (Wildman–Crippen MR) is 115 cm³/mol. The number of amides is 2. The van der Waals surface area contributed by atoms with Crippen LogP contribution in [0.5, 0.6) is 0 Å². The van der Waals surface area contributed by atoms with Crippen molar-refractivity contribution in [1.29, 1.82) is 0 Å². The zero-order valence-electron chi connectivity index (χ0n) is 16.6. The summed E-state index contributed by atoms with van der Waals surface area (Å²) in [7, 11) is 0. The molecule has 6 nitrogen and oxygen atoms in total. The van der Waals surface area contributed by atoms with Crippen LogP contribution in [-0.2, 0) is 11.3 Å². The number of thioether (sulfide) groups is 1. The highest BCUT2D eigenvalue weighted by Crippen LogP contribution is 2.28. The lowest BCUT2D eigenvalue weighted by molar-refractivity contribution is -0.119. The molecule has 0 saturated heterocycles. The summed E-state index contributed by atoms with van der Waals surface area (Å²) in [6, 6.07) is 7.47. The minimum absolute atomic E-state index is 0.175. The van der Waals surface area contributed by atoms with E-state index in [1.54, 1.807) is 12.1 Å². The van der Waals surface area contributed by atoms with Gasteiger partial charge in [0.2, 0.25) is 5.91 Å². The van der Waals surface area contributed by atoms with Crippen LogP contribution >= 0.6 is 27.7 Å². The molecule has 8 heteroatoms. The molecule has 0 unspecified atom stereocenters. The van der Waals surface area contributed by atoms with Gasteiger partial charge in [-0.25, -0.2) is 0 Å². The fourth-order valence-corrected chi connectivity index (χ4v) is 3.89. The molecule has 152 valence electrons. The molecular weight excluding hydrogens is 442 g/mol. The van der Waals surface area contributed by atoms with Crippen LogP contribution in [0.25, 0.3) is 0 Å². The third-order valence-electron chi connectivity index (χ3n) is 4.29. The van der Waals surface area contributed by atoms with E-state index in [1.165, 1.54) is 11.8 Å². The van der Waals surface area contributed by atoms with Gasteiger partial charge in [-0.2, -0.15) is 0 Å². The van der Waals surface area contributed by atoms with E-state index in [-0.39, 0.29) is 17.4 Å². The minimum atomic E-state index is -0.472. The first-order valence-corrected chi connectivity index (χ1v) is 10.9. The average molecular weight is 468 g/mol. The maximum Gasteiger partial charge on any atom is 0.305 e. The number of nitrogens with zero attached hydrogens (tertiary/aromatic N) is 1. The molecule has 0 aliphatic heterocycles. The first kappa shape index (κ1) is 22.5. The minimum Gasteiger partial charge on any atom is -0.454 e. The molecule has 28 heavy (non-hydrogen) atoms. The summed E-state index contributed by atoms with van der Waals surface area (Å²) in [5.41, 5.74) is 7.03. The normalized spacial score (nSPS) is 10.9. The largest absolute Gasteiger partial charge is 0.454 e. The zero-order valence-corrected chi connectivity index (χ0v) is 19.0. The number of hydrogen-bond acceptors (Lipinski definition) is 5. The van der Waals surface area contributed by atoms with Crippen molar-refractivity contribution in [3.8, 4) is 0 Å². The van der Waals surface area contributed by atoms with Gasteiger partial charge in [-0.1, -0.05) is 29.8 Å². The van der Waals surface area contributed by atoms with E-state index in [0.29, 0.717) is 6.54 Å². The van der Waals surface area contributed by atoms with Gasteiger partial charge < -0.3 is 4.42 Å². The van der Waals surface area contributed by atoms with Crippen molar-refractivity contribution in [3.05, 3.63) is 51.4 Å². The SMILES string of the molecule is CCN(CC)Cc1ccc(C(=O)NNC(=O)CSc2cc(C)c(Br)cc2C)o1. The Morgan fingerprint density at radius 2 is 1.82 bits per heavy atom. The van der Waals surface area contributed by atoms with E-state index < -0.39 is 5.91 Å². The molecule has 2 amide bonds. The first-order chi connectivity index (χ1) is 13.3. The monoisotopic (exact) mass is 467 g/mol. The van der Waals surface area contributed by atoms with Crippen LogP contribution in [0.2, 0.25) is 0 Å². The van der Waals surface area contributed by atoms with E-state index >= 15 is 0 Å². The maximum absolute atomic E-state index is 12.2. The maximum atomic E-state index is 12.2. The van der Waals surface area contributed by atoms with E-state index in [4.69, 9.17) is 4.42 Å². The summed E-state index contributed by atoms with van der Waals surface area (Å²) in [5.74, 6) is 0.340. The Balaban J connectivity index is 1.82. The van der Waals surface area contributed by atoms with Gasteiger partial charge in [-0.15, -0.1) is 11.8 Å². The second-order valence-corrected chi connectivity index (χ2v) is 8.26. The second-order valence-electron chi connectivity index (χ2n) is 6.39. The summed E-state index contributed by atoms with van der Waals surface area (Å²) in [5, 5.41) is 0. The second kappa shape index (κ2) is 10.7. The Morgan fingerprint density at radius 1 is 1.11 bits per heavy atom. The topological polar surface area (TPSA) is 74.6 Å². The van der Waals surface area contributed by atoms with E-state index in [2.05, 4.69) is 45.5 Å². The highest BCUT2D eigenvalue weighted by Gasteiger charge is 2.14. The van der Waals surface area contributed by atoms with Crippen molar-refractivity contribution >= 4 is 39.5 Å². The van der Waals surface area contributed by atoms with E-state index in [0.717, 1.165) is 39.3 Å². The Bertz CT molecular complexity index is 834. The number of rotatable bonds is 8. The summed E-state index contributed by atoms with van der Waals surface area (Å²) in [6.07, 6.45) is 0. The fourth-order valence-electron chi connectivity index (χ4n) is 2.53. The third kappa shape index (κ3) is 6.39. The number of hydrazine groups is 1. The first-order valence-electron chi connectivity index (χ1n) is 9.13. The van der Waals surface area contributed by atoms with Crippen molar-refractivity contribution in [1.82, 2.24) is 15.8 Å². The van der Waals surface area contributed by atoms with Gasteiger partial charge in [-0.05, 0) is 62.3 Å². The van der Waals surface area contributed by atoms with E-state index in [1.807, 2.05) is 26.0 Å². The molecule has 0 aliphatic rings. The highest BCUT2D eigenvalue weighted by molar-refractivity contribution is 9.10. The van der Waals surface area contributed by atoms with Crippen LogP contribution in [0.3, 0.4) is 0 Å². The molecule has 0 fully saturated rings. The van der Waals surface area contributed by atoms with Crippen LogP contribution in [0.1, 0.15) is 41.3 Å². The smallest absolute Gasteiger partial charge is 0.305 e. The standard InChI is InChI=1S/C20H26BrN3O3S/c1-5-24(6-2)11-15-7-8-17(27-15)20(26)23-22-19(25)12-28-18-10-13(3)16(21)9-14(18)4/h7-10H,5-6,11-12H2,1-4H3,(H,22,25)(H,23,26). The van der Waals surface area contributed by atoms with Gasteiger partial charge in [0, 0.05) is 9.37 Å². The van der Waals surface area contributed by atoms with Gasteiger partial charge in [0.05, 0.1) is 12.3 Å². The molecule has 0 radical (unpaired) electrons. The summed E-state index contributed by atoms with van der Waals surface area (Å²) in [4.78, 5) is 27.4. The molecule has 1 aromatic carbocycles. The molecule has 0 aliphatic carbocycles. The molecule has 0 bridgehead atoms. The Labute approximate surface area is 178 Å². The third-order valence-corrected chi connectivity index (χ3v) is 6.30. The van der Waals surface area contributed by atoms with Crippen LogP contribution in [0, 0.1) is 13.8 Å². The summed E-state index contributed by atoms with van der Waals surface area (Å²) in [6.45, 7) is 10.6. The molecule has 1 heterocycles. The predicted octanol–water partition coefficient (Wildman–Crippen LogP) is 4.05. The van der Waals surface area contributed by atoms with Crippen molar-refractivity contribution in [3.63, 3.8) is 0 Å². The summed E-state index contributed by atoms with van der Waals surface area (Å²) >= 11 is 4.93. The lowest BCUT2D eigenvalue weighted by Crippen LogP contribution is -2.42. The number of carbonyl (C=O) groups excluding carboxylic acids is 2. The molecular formula is C20H26BrN3O3S. The molecule has 0 atom stereocenters. The lowest BCUT2D eigenvalue weighted by Gasteiger charge is -2.15.